The van der Waals surface area contributed by atoms with E-state index in [4.69, 9.17) is 16.1 Å². The molecule has 1 aromatic heterocycles. The Morgan fingerprint density at radius 3 is 2.68 bits per heavy atom. The van der Waals surface area contributed by atoms with Crippen molar-refractivity contribution >= 4 is 17.5 Å². The third kappa shape index (κ3) is 4.73. The molecule has 0 aliphatic carbocycles. The van der Waals surface area contributed by atoms with Crippen molar-refractivity contribution in [1.29, 1.82) is 0 Å². The molecule has 1 unspecified atom stereocenters. The van der Waals surface area contributed by atoms with Gasteiger partial charge in [-0.05, 0) is 63.0 Å². The molecule has 2 aliphatic rings. The maximum atomic E-state index is 12.4. The van der Waals surface area contributed by atoms with Gasteiger partial charge in [-0.25, -0.2) is 0 Å². The third-order valence-electron chi connectivity index (χ3n) is 5.93. The first-order valence-corrected chi connectivity index (χ1v) is 10.5. The van der Waals surface area contributed by atoms with Crippen molar-refractivity contribution in [3.63, 3.8) is 0 Å². The summed E-state index contributed by atoms with van der Waals surface area (Å²) in [5, 5.41) is 4.93. The molecule has 0 N–H and O–H groups in total. The lowest BCUT2D eigenvalue weighted by Crippen LogP contribution is -2.38. The number of piperidine rings is 2. The molecule has 0 bridgehead atoms. The number of hydrogen-bond donors (Lipinski definition) is 0. The molecule has 28 heavy (non-hydrogen) atoms. The highest BCUT2D eigenvalue weighted by atomic mass is 35.5. The van der Waals surface area contributed by atoms with Crippen LogP contribution in [-0.2, 0) is 17.8 Å². The van der Waals surface area contributed by atoms with Gasteiger partial charge in [-0.3, -0.25) is 4.79 Å². The van der Waals surface area contributed by atoms with Crippen LogP contribution in [-0.4, -0.2) is 52.5 Å². The number of carbonyl (C=O) groups is 1. The lowest BCUT2D eigenvalue weighted by molar-refractivity contribution is -0.134. The quantitative estimate of drug-likeness (QED) is 0.765. The molecule has 0 radical (unpaired) electrons. The second-order valence-electron chi connectivity index (χ2n) is 8.14. The van der Waals surface area contributed by atoms with Crippen LogP contribution in [0, 0.1) is 5.92 Å². The zero-order chi connectivity index (χ0) is 19.5. The van der Waals surface area contributed by atoms with E-state index < -0.39 is 0 Å². The highest BCUT2D eigenvalue weighted by molar-refractivity contribution is 6.30. The van der Waals surface area contributed by atoms with E-state index in [0.29, 0.717) is 36.3 Å². The van der Waals surface area contributed by atoms with Crippen molar-refractivity contribution in [2.24, 2.45) is 5.92 Å². The number of amides is 1. The Balaban J connectivity index is 1.37. The first-order chi connectivity index (χ1) is 13.6. The van der Waals surface area contributed by atoms with E-state index >= 15 is 0 Å². The van der Waals surface area contributed by atoms with E-state index in [0.717, 1.165) is 37.3 Å². The van der Waals surface area contributed by atoms with Crippen molar-refractivity contribution in [2.75, 3.05) is 26.7 Å². The molecule has 3 heterocycles. The summed E-state index contributed by atoms with van der Waals surface area (Å²) in [4.78, 5) is 21.3. The molecule has 1 aromatic carbocycles. The number of carbonyl (C=O) groups excluding carboxylic acids is 1. The van der Waals surface area contributed by atoms with Crippen LogP contribution >= 0.6 is 11.6 Å². The van der Waals surface area contributed by atoms with Crippen molar-refractivity contribution < 1.29 is 9.32 Å². The van der Waals surface area contributed by atoms with E-state index in [9.17, 15) is 4.79 Å². The molecule has 1 amide bonds. The minimum Gasteiger partial charge on any atom is -0.339 e. The average molecular weight is 403 g/mol. The fourth-order valence-corrected chi connectivity index (χ4v) is 4.25. The Bertz CT molecular complexity index is 799. The Labute approximate surface area is 170 Å². The number of rotatable bonds is 5. The maximum absolute atomic E-state index is 12.4. The van der Waals surface area contributed by atoms with Crippen LogP contribution in [0.4, 0.5) is 0 Å². The predicted molar refractivity (Wildman–Crippen MR) is 107 cm³/mol. The van der Waals surface area contributed by atoms with Gasteiger partial charge in [-0.2, -0.15) is 4.98 Å². The topological polar surface area (TPSA) is 62.5 Å². The van der Waals surface area contributed by atoms with Crippen LogP contribution in [0.15, 0.2) is 28.8 Å². The molecular weight excluding hydrogens is 376 g/mol. The minimum absolute atomic E-state index is 0.115. The van der Waals surface area contributed by atoms with Crippen LogP contribution in [0.1, 0.15) is 48.9 Å². The molecule has 2 fully saturated rings. The summed E-state index contributed by atoms with van der Waals surface area (Å²) < 4.78 is 5.59. The highest BCUT2D eigenvalue weighted by Crippen LogP contribution is 2.28. The van der Waals surface area contributed by atoms with Crippen molar-refractivity contribution in [1.82, 2.24) is 19.9 Å². The normalized spacial score (nSPS) is 22.0. The van der Waals surface area contributed by atoms with Gasteiger partial charge in [0.15, 0.2) is 5.82 Å². The summed E-state index contributed by atoms with van der Waals surface area (Å²) in [7, 11) is 2.17. The molecule has 150 valence electrons. The molecule has 2 aliphatic heterocycles. The monoisotopic (exact) mass is 402 g/mol. The van der Waals surface area contributed by atoms with Gasteiger partial charge in [0.1, 0.15) is 0 Å². The zero-order valence-electron chi connectivity index (χ0n) is 16.3. The Morgan fingerprint density at radius 1 is 1.18 bits per heavy atom. The second kappa shape index (κ2) is 8.62. The van der Waals surface area contributed by atoms with E-state index in [-0.39, 0.29) is 11.8 Å². The van der Waals surface area contributed by atoms with Crippen LogP contribution in [0.25, 0.3) is 0 Å². The molecule has 2 saturated heterocycles. The molecule has 6 nitrogen and oxygen atoms in total. The van der Waals surface area contributed by atoms with Crippen molar-refractivity contribution in [3.8, 4) is 0 Å². The summed E-state index contributed by atoms with van der Waals surface area (Å²) in [5.74, 6) is 2.42. The third-order valence-corrected chi connectivity index (χ3v) is 6.18. The van der Waals surface area contributed by atoms with Gasteiger partial charge in [0, 0.05) is 31.0 Å². The van der Waals surface area contributed by atoms with Crippen LogP contribution < -0.4 is 0 Å². The number of aromatic nitrogens is 2. The molecule has 0 saturated carbocycles. The molecular formula is C21H27ClN4O2. The van der Waals surface area contributed by atoms with Crippen LogP contribution in [0.5, 0.6) is 0 Å². The number of likely N-dealkylation sites (tertiary alicyclic amines) is 2. The van der Waals surface area contributed by atoms with E-state index in [1.165, 1.54) is 12.8 Å². The van der Waals surface area contributed by atoms with Gasteiger partial charge in [0.2, 0.25) is 11.8 Å². The minimum atomic E-state index is 0.115. The SMILES string of the molecule is CN1CCC(Cc2noc(C3CCC(=O)N(Cc4ccc(Cl)cc4)C3)n2)CC1. The van der Waals surface area contributed by atoms with Gasteiger partial charge in [0.25, 0.3) is 0 Å². The number of hydrogen-bond acceptors (Lipinski definition) is 5. The number of halogens is 1. The average Bonchev–Trinajstić information content (AvgIpc) is 3.16. The Hall–Kier alpha value is -1.92. The summed E-state index contributed by atoms with van der Waals surface area (Å²) in [6.45, 7) is 3.49. The van der Waals surface area contributed by atoms with Gasteiger partial charge >= 0.3 is 0 Å². The van der Waals surface area contributed by atoms with Crippen molar-refractivity contribution in [3.05, 3.63) is 46.6 Å². The van der Waals surface area contributed by atoms with Gasteiger partial charge < -0.3 is 14.3 Å². The lowest BCUT2D eigenvalue weighted by atomic mass is 9.93. The fourth-order valence-electron chi connectivity index (χ4n) is 4.12. The second-order valence-corrected chi connectivity index (χ2v) is 8.57. The largest absolute Gasteiger partial charge is 0.339 e. The Kier molecular flexibility index (Phi) is 5.97. The van der Waals surface area contributed by atoms with Gasteiger partial charge in [-0.15, -0.1) is 0 Å². The lowest BCUT2D eigenvalue weighted by Gasteiger charge is -2.31. The molecule has 7 heteroatoms. The summed E-state index contributed by atoms with van der Waals surface area (Å²) >= 11 is 5.96. The smallest absolute Gasteiger partial charge is 0.231 e. The number of benzene rings is 1. The van der Waals surface area contributed by atoms with Gasteiger partial charge in [0.05, 0.1) is 5.92 Å². The molecule has 2 aromatic rings. The summed E-state index contributed by atoms with van der Waals surface area (Å²) in [6, 6.07) is 7.64. The highest BCUT2D eigenvalue weighted by Gasteiger charge is 2.30. The molecule has 0 spiro atoms. The van der Waals surface area contributed by atoms with E-state index in [2.05, 4.69) is 22.1 Å². The van der Waals surface area contributed by atoms with Crippen molar-refractivity contribution in [2.45, 2.75) is 44.6 Å². The number of nitrogens with zero attached hydrogens (tertiary/aromatic N) is 4. The summed E-state index contributed by atoms with van der Waals surface area (Å²) in [5.41, 5.74) is 1.08. The van der Waals surface area contributed by atoms with E-state index in [1.807, 2.05) is 29.2 Å². The first kappa shape index (κ1) is 19.4. The van der Waals surface area contributed by atoms with Crippen LogP contribution in [0.3, 0.4) is 0 Å². The predicted octanol–water partition coefficient (Wildman–Crippen LogP) is 3.51. The molecule has 4 rings (SSSR count). The molecule has 1 atom stereocenters. The zero-order valence-corrected chi connectivity index (χ0v) is 17.1. The first-order valence-electron chi connectivity index (χ1n) is 10.1. The fraction of sp³-hybridized carbons (Fsp3) is 0.571. The Morgan fingerprint density at radius 2 is 1.93 bits per heavy atom. The van der Waals surface area contributed by atoms with E-state index in [1.54, 1.807) is 0 Å². The standard InChI is InChI=1S/C21H27ClN4O2/c1-25-10-8-15(9-11-25)12-19-23-21(28-24-19)17-4-7-20(27)26(14-17)13-16-2-5-18(22)6-3-16/h2-3,5-6,15,17H,4,7-14H2,1H3. The van der Waals surface area contributed by atoms with Crippen LogP contribution in [0.2, 0.25) is 5.02 Å². The maximum Gasteiger partial charge on any atom is 0.231 e. The summed E-state index contributed by atoms with van der Waals surface area (Å²) in [6.07, 6.45) is 4.55. The van der Waals surface area contributed by atoms with Gasteiger partial charge in [-0.1, -0.05) is 28.9 Å².